The van der Waals surface area contributed by atoms with E-state index in [-0.39, 0.29) is 6.61 Å². The summed E-state index contributed by atoms with van der Waals surface area (Å²) in [5.74, 6) is 0.664. The van der Waals surface area contributed by atoms with Gasteiger partial charge in [-0.3, -0.25) is 0 Å². The van der Waals surface area contributed by atoms with Crippen LogP contribution in [0.3, 0.4) is 0 Å². The third kappa shape index (κ3) is 3.12. The van der Waals surface area contributed by atoms with E-state index in [1.807, 2.05) is 30.3 Å². The van der Waals surface area contributed by atoms with Gasteiger partial charge in [0, 0.05) is 5.56 Å². The van der Waals surface area contributed by atoms with Crippen LogP contribution in [0.2, 0.25) is 0 Å². The molecule has 1 aromatic carbocycles. The normalized spacial score (nSPS) is 10.2. The summed E-state index contributed by atoms with van der Waals surface area (Å²) in [4.78, 5) is 0. The standard InChI is InChI=1S/C12H13NO2/c1-15-12-8-10(4-2-3-7-13)5-6-11(12)9-14/h2,4-6,8,14H,3,9H2,1H3. The lowest BCUT2D eigenvalue weighted by Crippen LogP contribution is -1.91. The van der Waals surface area contributed by atoms with Crippen LogP contribution in [0.25, 0.3) is 6.08 Å². The monoisotopic (exact) mass is 203 g/mol. The van der Waals surface area contributed by atoms with Gasteiger partial charge in [-0.1, -0.05) is 24.3 Å². The van der Waals surface area contributed by atoms with Crippen molar-refractivity contribution in [3.8, 4) is 11.8 Å². The van der Waals surface area contributed by atoms with E-state index in [4.69, 9.17) is 15.1 Å². The van der Waals surface area contributed by atoms with Gasteiger partial charge in [0.1, 0.15) is 5.75 Å². The Morgan fingerprint density at radius 2 is 2.33 bits per heavy atom. The van der Waals surface area contributed by atoms with Crippen molar-refractivity contribution in [1.82, 2.24) is 0 Å². The Hall–Kier alpha value is -1.79. The zero-order valence-corrected chi connectivity index (χ0v) is 8.60. The van der Waals surface area contributed by atoms with Gasteiger partial charge in [0.25, 0.3) is 0 Å². The molecule has 3 nitrogen and oxygen atoms in total. The highest BCUT2D eigenvalue weighted by atomic mass is 16.5. The summed E-state index contributed by atoms with van der Waals surface area (Å²) < 4.78 is 5.12. The van der Waals surface area contributed by atoms with Gasteiger partial charge in [-0.15, -0.1) is 0 Å². The highest BCUT2D eigenvalue weighted by Gasteiger charge is 2.01. The summed E-state index contributed by atoms with van der Waals surface area (Å²) >= 11 is 0. The molecule has 0 radical (unpaired) electrons. The zero-order chi connectivity index (χ0) is 11.1. The number of benzene rings is 1. The number of nitriles is 1. The van der Waals surface area contributed by atoms with E-state index in [0.29, 0.717) is 12.2 Å². The molecule has 1 rings (SSSR count). The van der Waals surface area contributed by atoms with Crippen LogP contribution >= 0.6 is 0 Å². The lowest BCUT2D eigenvalue weighted by atomic mass is 10.1. The fourth-order valence-corrected chi connectivity index (χ4v) is 1.24. The summed E-state index contributed by atoms with van der Waals surface area (Å²) in [6.45, 7) is -0.0363. The zero-order valence-electron chi connectivity index (χ0n) is 8.60. The molecule has 0 saturated carbocycles. The number of methoxy groups -OCH3 is 1. The minimum atomic E-state index is -0.0363. The molecular formula is C12H13NO2. The van der Waals surface area contributed by atoms with E-state index in [2.05, 4.69) is 0 Å². The van der Waals surface area contributed by atoms with Crippen LogP contribution in [-0.4, -0.2) is 12.2 Å². The van der Waals surface area contributed by atoms with E-state index in [0.717, 1.165) is 11.1 Å². The number of ether oxygens (including phenoxy) is 1. The van der Waals surface area contributed by atoms with Gasteiger partial charge in [0.2, 0.25) is 0 Å². The van der Waals surface area contributed by atoms with E-state index in [9.17, 15) is 0 Å². The molecule has 0 atom stereocenters. The Labute approximate surface area is 89.2 Å². The summed E-state index contributed by atoms with van der Waals surface area (Å²) in [6.07, 6.45) is 4.03. The minimum absolute atomic E-state index is 0.0363. The number of aliphatic hydroxyl groups excluding tert-OH is 1. The average molecular weight is 203 g/mol. The van der Waals surface area contributed by atoms with Gasteiger partial charge in [-0.25, -0.2) is 0 Å². The first kappa shape index (κ1) is 11.3. The van der Waals surface area contributed by atoms with Crippen LogP contribution in [0.15, 0.2) is 24.3 Å². The molecule has 78 valence electrons. The molecule has 0 fully saturated rings. The smallest absolute Gasteiger partial charge is 0.124 e. The van der Waals surface area contributed by atoms with Crippen molar-refractivity contribution in [3.05, 3.63) is 35.4 Å². The molecule has 15 heavy (non-hydrogen) atoms. The molecule has 0 aliphatic heterocycles. The van der Waals surface area contributed by atoms with Crippen LogP contribution in [0.4, 0.5) is 0 Å². The van der Waals surface area contributed by atoms with Gasteiger partial charge in [0.05, 0.1) is 26.2 Å². The third-order valence-corrected chi connectivity index (χ3v) is 2.00. The fraction of sp³-hybridized carbons (Fsp3) is 0.250. The predicted octanol–water partition coefficient (Wildman–Crippen LogP) is 2.11. The molecule has 0 heterocycles. The van der Waals surface area contributed by atoms with Crippen molar-refractivity contribution in [1.29, 1.82) is 5.26 Å². The summed E-state index contributed by atoms with van der Waals surface area (Å²) in [5, 5.41) is 17.4. The fourth-order valence-electron chi connectivity index (χ4n) is 1.24. The van der Waals surface area contributed by atoms with Crippen LogP contribution < -0.4 is 4.74 Å². The number of hydrogen-bond acceptors (Lipinski definition) is 3. The van der Waals surface area contributed by atoms with Crippen molar-refractivity contribution in [2.45, 2.75) is 13.0 Å². The molecule has 0 aromatic heterocycles. The molecule has 0 unspecified atom stereocenters. The average Bonchev–Trinajstić information content (AvgIpc) is 2.29. The van der Waals surface area contributed by atoms with Crippen LogP contribution in [0, 0.1) is 11.3 Å². The molecule has 0 aliphatic carbocycles. The SMILES string of the molecule is COc1cc(C=CCC#N)ccc1CO. The predicted molar refractivity (Wildman–Crippen MR) is 58.2 cm³/mol. The quantitative estimate of drug-likeness (QED) is 0.815. The first-order chi connectivity index (χ1) is 7.31. The molecule has 0 aliphatic rings. The first-order valence-electron chi connectivity index (χ1n) is 4.63. The summed E-state index contributed by atoms with van der Waals surface area (Å²) in [6, 6.07) is 7.55. The number of aliphatic hydroxyl groups is 1. The van der Waals surface area contributed by atoms with Crippen molar-refractivity contribution in [3.63, 3.8) is 0 Å². The van der Waals surface area contributed by atoms with Gasteiger partial charge in [-0.05, 0) is 11.6 Å². The van der Waals surface area contributed by atoms with Gasteiger partial charge in [-0.2, -0.15) is 5.26 Å². The van der Waals surface area contributed by atoms with E-state index >= 15 is 0 Å². The van der Waals surface area contributed by atoms with Gasteiger partial charge >= 0.3 is 0 Å². The molecule has 0 spiro atoms. The summed E-state index contributed by atoms with van der Waals surface area (Å²) in [5.41, 5.74) is 1.72. The third-order valence-electron chi connectivity index (χ3n) is 2.00. The molecule has 1 N–H and O–H groups in total. The molecule has 1 aromatic rings. The van der Waals surface area contributed by atoms with Crippen LogP contribution in [0.1, 0.15) is 17.5 Å². The van der Waals surface area contributed by atoms with Crippen molar-refractivity contribution < 1.29 is 9.84 Å². The minimum Gasteiger partial charge on any atom is -0.496 e. The van der Waals surface area contributed by atoms with Crippen LogP contribution in [0.5, 0.6) is 5.75 Å². The highest BCUT2D eigenvalue weighted by Crippen LogP contribution is 2.20. The Morgan fingerprint density at radius 3 is 2.93 bits per heavy atom. The maximum Gasteiger partial charge on any atom is 0.124 e. The number of allylic oxidation sites excluding steroid dienone is 1. The maximum atomic E-state index is 9.01. The van der Waals surface area contributed by atoms with E-state index < -0.39 is 0 Å². The number of nitrogens with zero attached hydrogens (tertiary/aromatic N) is 1. The second kappa shape index (κ2) is 5.84. The lowest BCUT2D eigenvalue weighted by molar-refractivity contribution is 0.274. The van der Waals surface area contributed by atoms with Crippen molar-refractivity contribution >= 4 is 6.08 Å². The molecule has 0 saturated heterocycles. The topological polar surface area (TPSA) is 53.2 Å². The number of hydrogen-bond donors (Lipinski definition) is 1. The Balaban J connectivity index is 2.89. The van der Waals surface area contributed by atoms with Crippen molar-refractivity contribution in [2.75, 3.05) is 7.11 Å². The number of rotatable bonds is 4. The van der Waals surface area contributed by atoms with E-state index in [1.54, 1.807) is 13.2 Å². The Bertz CT molecular complexity index is 391. The van der Waals surface area contributed by atoms with Gasteiger partial charge in [0.15, 0.2) is 0 Å². The Kier molecular flexibility index (Phi) is 4.39. The molecular weight excluding hydrogens is 190 g/mol. The second-order valence-electron chi connectivity index (χ2n) is 2.99. The largest absolute Gasteiger partial charge is 0.496 e. The molecule has 3 heteroatoms. The first-order valence-corrected chi connectivity index (χ1v) is 4.63. The summed E-state index contributed by atoms with van der Waals surface area (Å²) in [7, 11) is 1.57. The molecule has 0 bridgehead atoms. The molecule has 0 amide bonds. The van der Waals surface area contributed by atoms with Crippen molar-refractivity contribution in [2.24, 2.45) is 0 Å². The van der Waals surface area contributed by atoms with E-state index in [1.165, 1.54) is 0 Å². The van der Waals surface area contributed by atoms with Gasteiger partial charge < -0.3 is 9.84 Å². The highest BCUT2D eigenvalue weighted by molar-refractivity contribution is 5.54. The Morgan fingerprint density at radius 1 is 1.53 bits per heavy atom. The maximum absolute atomic E-state index is 9.01. The van der Waals surface area contributed by atoms with Crippen LogP contribution in [-0.2, 0) is 6.61 Å². The lowest BCUT2D eigenvalue weighted by Gasteiger charge is -2.06. The second-order valence-corrected chi connectivity index (χ2v) is 2.99.